The Bertz CT molecular complexity index is 901. The van der Waals surface area contributed by atoms with E-state index in [1.807, 2.05) is 56.3 Å². The first-order valence-corrected chi connectivity index (χ1v) is 8.62. The second-order valence-corrected chi connectivity index (χ2v) is 6.24. The summed E-state index contributed by atoms with van der Waals surface area (Å²) in [6.07, 6.45) is 0.703. The molecular weight excluding hydrogens is 326 g/mol. The minimum atomic E-state index is -0.172. The van der Waals surface area contributed by atoms with Crippen LogP contribution < -0.4 is 10.1 Å². The van der Waals surface area contributed by atoms with E-state index in [0.717, 1.165) is 22.7 Å². The molecule has 3 rings (SSSR count). The maximum absolute atomic E-state index is 12.4. The van der Waals surface area contributed by atoms with Crippen molar-refractivity contribution in [2.24, 2.45) is 0 Å². The molecule has 1 heterocycles. The molecule has 0 saturated heterocycles. The Balaban J connectivity index is 1.65. The minimum Gasteiger partial charge on any atom is -0.496 e. The fraction of sp³-hybridized carbons (Fsp3) is 0.238. The number of nitrogens with zero attached hydrogens (tertiary/aromatic N) is 2. The van der Waals surface area contributed by atoms with Gasteiger partial charge in [-0.15, -0.1) is 0 Å². The normalized spacial score (nSPS) is 10.6. The van der Waals surface area contributed by atoms with Gasteiger partial charge in [0.05, 0.1) is 12.8 Å². The van der Waals surface area contributed by atoms with Gasteiger partial charge in [-0.3, -0.25) is 4.79 Å². The molecule has 0 saturated carbocycles. The van der Waals surface area contributed by atoms with Crippen LogP contribution in [-0.4, -0.2) is 29.3 Å². The second-order valence-electron chi connectivity index (χ2n) is 6.24. The van der Waals surface area contributed by atoms with Gasteiger partial charge in [0.25, 0.3) is 5.91 Å². The maximum Gasteiger partial charge on any atom is 0.271 e. The van der Waals surface area contributed by atoms with E-state index < -0.39 is 0 Å². The largest absolute Gasteiger partial charge is 0.496 e. The monoisotopic (exact) mass is 349 g/mol. The molecule has 5 nitrogen and oxygen atoms in total. The van der Waals surface area contributed by atoms with Crippen molar-refractivity contribution in [1.82, 2.24) is 15.1 Å². The number of aryl methyl sites for hydroxylation is 2. The first-order chi connectivity index (χ1) is 12.6. The number of aromatic nitrogens is 2. The highest BCUT2D eigenvalue weighted by Gasteiger charge is 2.13. The summed E-state index contributed by atoms with van der Waals surface area (Å²) < 4.78 is 7.16. The van der Waals surface area contributed by atoms with E-state index in [4.69, 9.17) is 4.74 Å². The Morgan fingerprint density at radius 3 is 2.62 bits per heavy atom. The lowest BCUT2D eigenvalue weighted by Crippen LogP contribution is -2.26. The lowest BCUT2D eigenvalue weighted by molar-refractivity contribution is 0.0948. The first-order valence-electron chi connectivity index (χ1n) is 8.62. The molecule has 26 heavy (non-hydrogen) atoms. The van der Waals surface area contributed by atoms with Crippen molar-refractivity contribution < 1.29 is 9.53 Å². The van der Waals surface area contributed by atoms with Crippen LogP contribution in [0.25, 0.3) is 5.69 Å². The van der Waals surface area contributed by atoms with Gasteiger partial charge in [0, 0.05) is 12.2 Å². The predicted molar refractivity (Wildman–Crippen MR) is 102 cm³/mol. The van der Waals surface area contributed by atoms with Crippen LogP contribution in [0.2, 0.25) is 0 Å². The van der Waals surface area contributed by atoms with Gasteiger partial charge in [0.1, 0.15) is 5.75 Å². The van der Waals surface area contributed by atoms with Crippen LogP contribution in [0, 0.1) is 13.8 Å². The van der Waals surface area contributed by atoms with E-state index in [2.05, 4.69) is 16.5 Å². The van der Waals surface area contributed by atoms with Crippen molar-refractivity contribution >= 4 is 5.91 Å². The quantitative estimate of drug-likeness (QED) is 0.741. The molecule has 0 aliphatic heterocycles. The molecule has 0 atom stereocenters. The van der Waals surface area contributed by atoms with Crippen molar-refractivity contribution in [2.45, 2.75) is 20.3 Å². The third-order valence-electron chi connectivity index (χ3n) is 4.24. The number of methoxy groups -OCH3 is 1. The highest BCUT2D eigenvalue weighted by atomic mass is 16.5. The van der Waals surface area contributed by atoms with Crippen molar-refractivity contribution in [3.63, 3.8) is 0 Å². The summed E-state index contributed by atoms with van der Waals surface area (Å²) in [4.78, 5) is 12.4. The van der Waals surface area contributed by atoms with Gasteiger partial charge in [-0.2, -0.15) is 5.10 Å². The number of carbonyl (C=O) groups excluding carboxylic acids is 1. The number of carbonyl (C=O) groups is 1. The third-order valence-corrected chi connectivity index (χ3v) is 4.24. The van der Waals surface area contributed by atoms with Crippen LogP contribution in [0.1, 0.15) is 27.3 Å². The van der Waals surface area contributed by atoms with Crippen LogP contribution >= 0.6 is 0 Å². The van der Waals surface area contributed by atoms with Crippen LogP contribution in [0.4, 0.5) is 0 Å². The highest BCUT2D eigenvalue weighted by Crippen LogP contribution is 2.19. The maximum atomic E-state index is 12.4. The van der Waals surface area contributed by atoms with E-state index in [1.54, 1.807) is 17.9 Å². The fourth-order valence-corrected chi connectivity index (χ4v) is 2.92. The standard InChI is InChI=1S/C21H23N3O2/c1-15-9-10-20(26-3)17(13-15)11-12-22-21(25)19-14-16(2)24(23-19)18-7-5-4-6-8-18/h4-10,13-14H,11-12H2,1-3H3,(H,22,25). The van der Waals surface area contributed by atoms with Crippen molar-refractivity contribution in [3.8, 4) is 11.4 Å². The van der Waals surface area contributed by atoms with Crippen molar-refractivity contribution in [2.75, 3.05) is 13.7 Å². The van der Waals surface area contributed by atoms with Gasteiger partial charge >= 0.3 is 0 Å². The molecule has 0 bridgehead atoms. The molecular formula is C21H23N3O2. The van der Waals surface area contributed by atoms with E-state index >= 15 is 0 Å². The van der Waals surface area contributed by atoms with E-state index in [0.29, 0.717) is 18.7 Å². The fourth-order valence-electron chi connectivity index (χ4n) is 2.92. The Hall–Kier alpha value is -3.08. The smallest absolute Gasteiger partial charge is 0.271 e. The van der Waals surface area contributed by atoms with Gasteiger partial charge < -0.3 is 10.1 Å². The molecule has 0 unspecified atom stereocenters. The minimum absolute atomic E-state index is 0.172. The SMILES string of the molecule is COc1ccc(C)cc1CCNC(=O)c1cc(C)n(-c2ccccc2)n1. The topological polar surface area (TPSA) is 56.1 Å². The van der Waals surface area contributed by atoms with Crippen LogP contribution in [0.3, 0.4) is 0 Å². The Labute approximate surface area is 153 Å². The number of hydrogen-bond acceptors (Lipinski definition) is 3. The average Bonchev–Trinajstić information content (AvgIpc) is 3.04. The van der Waals surface area contributed by atoms with Gasteiger partial charge in [-0.05, 0) is 50.1 Å². The summed E-state index contributed by atoms with van der Waals surface area (Å²) in [5, 5.41) is 7.37. The Kier molecular flexibility index (Phi) is 5.37. The predicted octanol–water partition coefficient (Wildman–Crippen LogP) is 3.47. The molecule has 0 fully saturated rings. The Morgan fingerprint density at radius 2 is 1.88 bits per heavy atom. The molecule has 3 aromatic rings. The lowest BCUT2D eigenvalue weighted by Gasteiger charge is -2.10. The number of ether oxygens (including phenoxy) is 1. The van der Waals surface area contributed by atoms with Gasteiger partial charge in [-0.25, -0.2) is 4.68 Å². The van der Waals surface area contributed by atoms with Crippen LogP contribution in [-0.2, 0) is 6.42 Å². The zero-order valence-electron chi connectivity index (χ0n) is 15.3. The highest BCUT2D eigenvalue weighted by molar-refractivity contribution is 5.92. The summed E-state index contributed by atoms with van der Waals surface area (Å²) in [6.45, 7) is 4.50. The summed E-state index contributed by atoms with van der Waals surface area (Å²) in [7, 11) is 1.66. The third kappa shape index (κ3) is 3.94. The molecule has 0 radical (unpaired) electrons. The number of para-hydroxylation sites is 1. The second kappa shape index (κ2) is 7.87. The number of nitrogens with one attached hydrogen (secondary N) is 1. The van der Waals surface area contributed by atoms with Gasteiger partial charge in [0.2, 0.25) is 0 Å². The van der Waals surface area contributed by atoms with Crippen LogP contribution in [0.15, 0.2) is 54.6 Å². The zero-order chi connectivity index (χ0) is 18.5. The molecule has 1 N–H and O–H groups in total. The molecule has 1 amide bonds. The van der Waals surface area contributed by atoms with Gasteiger partial charge in [-0.1, -0.05) is 35.9 Å². The number of rotatable bonds is 6. The molecule has 2 aromatic carbocycles. The van der Waals surface area contributed by atoms with Crippen LogP contribution in [0.5, 0.6) is 5.75 Å². The summed E-state index contributed by atoms with van der Waals surface area (Å²) in [5.41, 5.74) is 4.53. The van der Waals surface area contributed by atoms with Crippen molar-refractivity contribution in [1.29, 1.82) is 0 Å². The molecule has 0 spiro atoms. The molecule has 0 aliphatic rings. The first kappa shape index (κ1) is 17.7. The zero-order valence-corrected chi connectivity index (χ0v) is 15.3. The lowest BCUT2D eigenvalue weighted by atomic mass is 10.1. The molecule has 1 aromatic heterocycles. The number of benzene rings is 2. The van der Waals surface area contributed by atoms with E-state index in [1.165, 1.54) is 5.56 Å². The number of amides is 1. The molecule has 134 valence electrons. The van der Waals surface area contributed by atoms with E-state index in [9.17, 15) is 4.79 Å². The molecule has 5 heteroatoms. The summed E-state index contributed by atoms with van der Waals surface area (Å²) in [6, 6.07) is 17.6. The summed E-state index contributed by atoms with van der Waals surface area (Å²) in [5.74, 6) is 0.670. The number of hydrogen-bond donors (Lipinski definition) is 1. The molecule has 0 aliphatic carbocycles. The van der Waals surface area contributed by atoms with Gasteiger partial charge in [0.15, 0.2) is 5.69 Å². The average molecular weight is 349 g/mol. The van der Waals surface area contributed by atoms with E-state index in [-0.39, 0.29) is 5.91 Å². The van der Waals surface area contributed by atoms with Crippen molar-refractivity contribution in [3.05, 3.63) is 77.1 Å². The Morgan fingerprint density at radius 1 is 1.12 bits per heavy atom. The summed E-state index contributed by atoms with van der Waals surface area (Å²) >= 11 is 0.